The van der Waals surface area contributed by atoms with Crippen LogP contribution in [0.2, 0.25) is 0 Å². The molecule has 0 aromatic heterocycles. The molecule has 2 N–H and O–H groups in total. The Morgan fingerprint density at radius 2 is 1.64 bits per heavy atom. The van der Waals surface area contributed by atoms with Gasteiger partial charge < -0.3 is 5.11 Å². The van der Waals surface area contributed by atoms with E-state index in [0.29, 0.717) is 0 Å². The Hall–Kier alpha value is -1.16. The number of aliphatic hydroxyl groups is 1. The topological polar surface area (TPSA) is 66.4 Å². The maximum atomic E-state index is 10.0. The molecular formula is C10H15NO3. The minimum Gasteiger partial charge on any atom is -0.390 e. The Balaban J connectivity index is 0.000000140. The molecule has 78 valence electrons. The van der Waals surface area contributed by atoms with Crippen molar-refractivity contribution in [2.75, 3.05) is 0 Å². The molecule has 4 nitrogen and oxygen atoms in total. The van der Waals surface area contributed by atoms with Crippen LogP contribution in [0.3, 0.4) is 0 Å². The van der Waals surface area contributed by atoms with E-state index in [0.717, 1.165) is 12.8 Å². The standard InChI is InChI=1S/C6H12O.C4H3NO2/c1-6(7)4-2-3-5-6;6-3-1-2-4(7)5-3/h7H,2-5H2,1H3;1-2H,(H,5,6,7). The second kappa shape index (κ2) is 4.37. The highest BCUT2D eigenvalue weighted by molar-refractivity contribution is 6.12. The monoisotopic (exact) mass is 197 g/mol. The second-order valence-electron chi connectivity index (χ2n) is 3.89. The zero-order valence-electron chi connectivity index (χ0n) is 8.25. The first-order chi connectivity index (χ1) is 6.49. The normalized spacial score (nSPS) is 23.0. The van der Waals surface area contributed by atoms with Crippen molar-refractivity contribution in [1.29, 1.82) is 0 Å². The number of hydrogen-bond donors (Lipinski definition) is 2. The van der Waals surface area contributed by atoms with Crippen LogP contribution in [0.5, 0.6) is 0 Å². The molecule has 4 heteroatoms. The third-order valence-corrected chi connectivity index (χ3v) is 2.31. The van der Waals surface area contributed by atoms with Gasteiger partial charge in [0.15, 0.2) is 0 Å². The fourth-order valence-corrected chi connectivity index (χ4v) is 1.49. The van der Waals surface area contributed by atoms with Gasteiger partial charge >= 0.3 is 0 Å². The summed E-state index contributed by atoms with van der Waals surface area (Å²) in [4.78, 5) is 20.1. The molecule has 2 rings (SSSR count). The predicted octanol–water partition coefficient (Wildman–Crippen LogP) is 0.510. The number of imide groups is 1. The largest absolute Gasteiger partial charge is 0.390 e. The smallest absolute Gasteiger partial charge is 0.250 e. The summed E-state index contributed by atoms with van der Waals surface area (Å²) in [6.07, 6.45) is 6.84. The zero-order valence-corrected chi connectivity index (χ0v) is 8.25. The molecule has 1 saturated carbocycles. The third kappa shape index (κ3) is 3.70. The maximum absolute atomic E-state index is 10.0. The lowest BCUT2D eigenvalue weighted by atomic mass is 10.1. The van der Waals surface area contributed by atoms with Gasteiger partial charge in [0, 0.05) is 12.2 Å². The van der Waals surface area contributed by atoms with Crippen molar-refractivity contribution in [2.45, 2.75) is 38.2 Å². The molecule has 0 saturated heterocycles. The Morgan fingerprint density at radius 1 is 1.21 bits per heavy atom. The molecule has 0 aromatic rings. The number of nitrogens with one attached hydrogen (secondary N) is 1. The van der Waals surface area contributed by atoms with Gasteiger partial charge in [-0.05, 0) is 19.8 Å². The number of amides is 2. The van der Waals surface area contributed by atoms with Crippen LogP contribution < -0.4 is 5.32 Å². The van der Waals surface area contributed by atoms with E-state index in [1.165, 1.54) is 25.0 Å². The zero-order chi connectivity index (χ0) is 10.6. The van der Waals surface area contributed by atoms with Crippen LogP contribution in [-0.2, 0) is 9.59 Å². The first kappa shape index (κ1) is 10.9. The van der Waals surface area contributed by atoms with Crippen molar-refractivity contribution in [1.82, 2.24) is 5.32 Å². The number of carbonyl (C=O) groups is 2. The van der Waals surface area contributed by atoms with Crippen molar-refractivity contribution >= 4 is 11.8 Å². The SMILES string of the molecule is CC1(O)CCCC1.O=C1C=CC(=O)N1. The summed E-state index contributed by atoms with van der Waals surface area (Å²) >= 11 is 0. The van der Waals surface area contributed by atoms with Gasteiger partial charge in [0.05, 0.1) is 5.60 Å². The summed E-state index contributed by atoms with van der Waals surface area (Å²) < 4.78 is 0. The highest BCUT2D eigenvalue weighted by Crippen LogP contribution is 2.27. The Kier molecular flexibility index (Phi) is 3.41. The summed E-state index contributed by atoms with van der Waals surface area (Å²) in [5, 5.41) is 11.2. The van der Waals surface area contributed by atoms with E-state index in [1.54, 1.807) is 0 Å². The molecule has 0 unspecified atom stereocenters. The van der Waals surface area contributed by atoms with E-state index in [4.69, 9.17) is 0 Å². The fourth-order valence-electron chi connectivity index (χ4n) is 1.49. The predicted molar refractivity (Wildman–Crippen MR) is 51.4 cm³/mol. The summed E-state index contributed by atoms with van der Waals surface area (Å²) in [5.74, 6) is -0.657. The lowest BCUT2D eigenvalue weighted by molar-refractivity contribution is -0.123. The molecular weight excluding hydrogens is 182 g/mol. The van der Waals surface area contributed by atoms with Gasteiger partial charge in [-0.2, -0.15) is 0 Å². The molecule has 2 aliphatic rings. The molecule has 0 atom stereocenters. The Morgan fingerprint density at radius 3 is 1.79 bits per heavy atom. The van der Waals surface area contributed by atoms with Crippen LogP contribution in [-0.4, -0.2) is 22.5 Å². The highest BCUT2D eigenvalue weighted by Gasteiger charge is 2.24. The maximum Gasteiger partial charge on any atom is 0.250 e. The van der Waals surface area contributed by atoms with Gasteiger partial charge in [0.2, 0.25) is 0 Å². The second-order valence-corrected chi connectivity index (χ2v) is 3.89. The minimum absolute atomic E-state index is 0.306. The van der Waals surface area contributed by atoms with E-state index in [-0.39, 0.29) is 17.4 Å². The van der Waals surface area contributed by atoms with Crippen LogP contribution in [0, 0.1) is 0 Å². The molecule has 1 heterocycles. The summed E-state index contributed by atoms with van der Waals surface area (Å²) in [7, 11) is 0. The molecule has 0 radical (unpaired) electrons. The van der Waals surface area contributed by atoms with E-state index >= 15 is 0 Å². The molecule has 1 fully saturated rings. The van der Waals surface area contributed by atoms with E-state index < -0.39 is 0 Å². The third-order valence-electron chi connectivity index (χ3n) is 2.31. The van der Waals surface area contributed by atoms with Crippen LogP contribution in [0.1, 0.15) is 32.6 Å². The molecule has 0 bridgehead atoms. The molecule has 1 aliphatic heterocycles. The van der Waals surface area contributed by atoms with Crippen molar-refractivity contribution in [3.63, 3.8) is 0 Å². The van der Waals surface area contributed by atoms with Crippen molar-refractivity contribution in [3.05, 3.63) is 12.2 Å². The van der Waals surface area contributed by atoms with Crippen LogP contribution in [0.15, 0.2) is 12.2 Å². The molecule has 2 amide bonds. The highest BCUT2D eigenvalue weighted by atomic mass is 16.3. The average molecular weight is 197 g/mol. The number of hydrogen-bond acceptors (Lipinski definition) is 3. The quantitative estimate of drug-likeness (QED) is 0.556. The number of carbonyl (C=O) groups excluding carboxylic acids is 2. The van der Waals surface area contributed by atoms with Gasteiger partial charge in [0.25, 0.3) is 11.8 Å². The van der Waals surface area contributed by atoms with E-state index in [2.05, 4.69) is 0 Å². The van der Waals surface area contributed by atoms with Gasteiger partial charge in [-0.3, -0.25) is 14.9 Å². The van der Waals surface area contributed by atoms with Gasteiger partial charge in [0.1, 0.15) is 0 Å². The molecule has 1 aliphatic carbocycles. The van der Waals surface area contributed by atoms with Crippen LogP contribution in [0.4, 0.5) is 0 Å². The van der Waals surface area contributed by atoms with Gasteiger partial charge in [-0.1, -0.05) is 12.8 Å². The van der Waals surface area contributed by atoms with Crippen LogP contribution in [0.25, 0.3) is 0 Å². The summed E-state index contributed by atoms with van der Waals surface area (Å²) in [6, 6.07) is 0. The molecule has 0 aromatic carbocycles. The van der Waals surface area contributed by atoms with Crippen molar-refractivity contribution < 1.29 is 14.7 Å². The van der Waals surface area contributed by atoms with E-state index in [9.17, 15) is 14.7 Å². The lowest BCUT2D eigenvalue weighted by Crippen LogP contribution is -2.19. The van der Waals surface area contributed by atoms with Crippen LogP contribution >= 0.6 is 0 Å². The van der Waals surface area contributed by atoms with Crippen molar-refractivity contribution in [3.8, 4) is 0 Å². The van der Waals surface area contributed by atoms with Gasteiger partial charge in [-0.25, -0.2) is 0 Å². The first-order valence-corrected chi connectivity index (χ1v) is 4.75. The number of rotatable bonds is 0. The first-order valence-electron chi connectivity index (χ1n) is 4.75. The summed E-state index contributed by atoms with van der Waals surface area (Å²) in [6.45, 7) is 1.92. The summed E-state index contributed by atoms with van der Waals surface area (Å²) in [5.41, 5.74) is -0.306. The fraction of sp³-hybridized carbons (Fsp3) is 0.600. The Bertz CT molecular complexity index is 245. The van der Waals surface area contributed by atoms with Crippen molar-refractivity contribution in [2.24, 2.45) is 0 Å². The molecule has 0 spiro atoms. The lowest BCUT2D eigenvalue weighted by Gasteiger charge is -2.12. The van der Waals surface area contributed by atoms with E-state index in [1.807, 2.05) is 12.2 Å². The molecule has 14 heavy (non-hydrogen) atoms. The van der Waals surface area contributed by atoms with Gasteiger partial charge in [-0.15, -0.1) is 0 Å². The Labute approximate surface area is 83.0 Å². The minimum atomic E-state index is -0.329. The average Bonchev–Trinajstić information content (AvgIpc) is 2.61.